The molecule has 0 aliphatic heterocycles. The SMILES string of the molecule is CNS(=O)(=O)c1cccc(-c2ccc(-n3cc(Cl)c(C)n3)c(-c3oc(C)nc3-c3cnc(OC(F)(F)F)nc3)c2)c1. The first-order chi connectivity index (χ1) is 19.3. The van der Waals surface area contributed by atoms with Crippen molar-refractivity contribution in [3.63, 3.8) is 0 Å². The summed E-state index contributed by atoms with van der Waals surface area (Å²) < 4.78 is 76.2. The van der Waals surface area contributed by atoms with Crippen molar-refractivity contribution in [2.45, 2.75) is 25.1 Å². The van der Waals surface area contributed by atoms with Gasteiger partial charge in [-0.15, -0.1) is 13.2 Å². The highest BCUT2D eigenvalue weighted by Gasteiger charge is 2.32. The van der Waals surface area contributed by atoms with Crippen LogP contribution < -0.4 is 9.46 Å². The lowest BCUT2D eigenvalue weighted by Gasteiger charge is -2.13. The first-order valence-electron chi connectivity index (χ1n) is 11.8. The molecule has 0 unspecified atom stereocenters. The Bertz CT molecular complexity index is 1830. The van der Waals surface area contributed by atoms with Gasteiger partial charge in [-0.05, 0) is 49.4 Å². The normalized spacial score (nSPS) is 12.1. The van der Waals surface area contributed by atoms with E-state index in [0.717, 1.165) is 12.4 Å². The third-order valence-corrected chi connectivity index (χ3v) is 7.70. The van der Waals surface area contributed by atoms with E-state index in [-0.39, 0.29) is 27.8 Å². The summed E-state index contributed by atoms with van der Waals surface area (Å²) >= 11 is 6.28. The van der Waals surface area contributed by atoms with Gasteiger partial charge in [0, 0.05) is 36.6 Å². The van der Waals surface area contributed by atoms with Crippen LogP contribution >= 0.6 is 11.6 Å². The number of ether oxygens (including phenoxy) is 1. The Morgan fingerprint density at radius 1 is 1.02 bits per heavy atom. The maximum atomic E-state index is 12.6. The number of aromatic nitrogens is 5. The molecule has 0 amide bonds. The fourth-order valence-electron chi connectivity index (χ4n) is 4.02. The van der Waals surface area contributed by atoms with E-state index < -0.39 is 22.4 Å². The molecule has 15 heteroatoms. The highest BCUT2D eigenvalue weighted by atomic mass is 35.5. The van der Waals surface area contributed by atoms with Gasteiger partial charge in [-0.25, -0.2) is 32.8 Å². The Kier molecular flexibility index (Phi) is 7.32. The van der Waals surface area contributed by atoms with E-state index in [0.29, 0.717) is 33.1 Å². The average Bonchev–Trinajstić information content (AvgIpc) is 3.49. The second-order valence-corrected chi connectivity index (χ2v) is 11.0. The molecule has 5 rings (SSSR count). The number of alkyl halides is 3. The monoisotopic (exact) mass is 604 g/mol. The second kappa shape index (κ2) is 10.6. The second-order valence-electron chi connectivity index (χ2n) is 8.69. The van der Waals surface area contributed by atoms with Gasteiger partial charge in [0.05, 0.1) is 21.3 Å². The fraction of sp³-hybridized carbons (Fsp3) is 0.154. The third-order valence-electron chi connectivity index (χ3n) is 5.92. The molecule has 0 aliphatic carbocycles. The lowest BCUT2D eigenvalue weighted by atomic mass is 9.99. The number of hydrogen-bond donors (Lipinski definition) is 1. The molecule has 0 bridgehead atoms. The number of hydrogen-bond acceptors (Lipinski definition) is 8. The Balaban J connectivity index is 1.68. The molecule has 3 aromatic heterocycles. The minimum absolute atomic E-state index is 0.0760. The fourth-order valence-corrected chi connectivity index (χ4v) is 4.93. The van der Waals surface area contributed by atoms with Crippen LogP contribution in [0.2, 0.25) is 5.02 Å². The molecular weight excluding hydrogens is 585 g/mol. The van der Waals surface area contributed by atoms with Crippen molar-refractivity contribution >= 4 is 21.6 Å². The van der Waals surface area contributed by atoms with E-state index in [1.807, 2.05) is 0 Å². The quantitative estimate of drug-likeness (QED) is 0.250. The Morgan fingerprint density at radius 2 is 1.73 bits per heavy atom. The van der Waals surface area contributed by atoms with Crippen molar-refractivity contribution in [1.29, 1.82) is 0 Å². The molecular formula is C26H20ClF3N6O4S. The number of nitrogens with one attached hydrogen (secondary N) is 1. The summed E-state index contributed by atoms with van der Waals surface area (Å²) in [5.74, 6) is 0.509. The van der Waals surface area contributed by atoms with Crippen LogP contribution in [0.4, 0.5) is 13.2 Å². The number of oxazole rings is 1. The molecule has 1 N–H and O–H groups in total. The standard InChI is InChI=1S/C26H20ClF3N6O4S/c1-14-21(27)13-36(35-14)22-8-7-17(16-5-4-6-19(9-16)41(37,38)31-3)10-20(22)24-23(34-15(2)39-24)18-11-32-25(33-12-18)40-26(28,29)30/h4-13,31H,1-3H3. The van der Waals surface area contributed by atoms with E-state index in [9.17, 15) is 21.6 Å². The van der Waals surface area contributed by atoms with E-state index in [2.05, 4.69) is 29.5 Å². The molecule has 0 fully saturated rings. The zero-order valence-electron chi connectivity index (χ0n) is 21.6. The molecule has 0 radical (unpaired) electrons. The number of sulfonamides is 1. The Labute approximate surface area is 236 Å². The number of halogens is 4. The summed E-state index contributed by atoms with van der Waals surface area (Å²) in [5.41, 5.74) is 3.35. The number of benzene rings is 2. The van der Waals surface area contributed by atoms with Crippen molar-refractivity contribution in [3.05, 3.63) is 77.7 Å². The highest BCUT2D eigenvalue weighted by Crippen LogP contribution is 2.39. The number of aryl methyl sites for hydroxylation is 2. The van der Waals surface area contributed by atoms with Gasteiger partial charge in [0.1, 0.15) is 5.69 Å². The molecule has 212 valence electrons. The minimum atomic E-state index is -4.94. The van der Waals surface area contributed by atoms with E-state index in [1.165, 1.54) is 19.2 Å². The van der Waals surface area contributed by atoms with Crippen LogP contribution in [0.25, 0.3) is 39.4 Å². The van der Waals surface area contributed by atoms with Crippen LogP contribution in [-0.4, -0.2) is 46.6 Å². The van der Waals surface area contributed by atoms with Gasteiger partial charge in [0.2, 0.25) is 10.0 Å². The van der Waals surface area contributed by atoms with Crippen molar-refractivity contribution < 1.29 is 30.7 Å². The Morgan fingerprint density at radius 3 is 2.37 bits per heavy atom. The molecule has 10 nitrogen and oxygen atoms in total. The van der Waals surface area contributed by atoms with Gasteiger partial charge >= 0.3 is 12.4 Å². The predicted molar refractivity (Wildman–Crippen MR) is 143 cm³/mol. The van der Waals surface area contributed by atoms with E-state index in [1.54, 1.807) is 55.1 Å². The summed E-state index contributed by atoms with van der Waals surface area (Å²) in [5, 5.41) is 4.89. The molecule has 0 aliphatic rings. The highest BCUT2D eigenvalue weighted by molar-refractivity contribution is 7.89. The zero-order valence-corrected chi connectivity index (χ0v) is 23.1. The molecule has 0 atom stereocenters. The van der Waals surface area contributed by atoms with Gasteiger partial charge in [0.15, 0.2) is 11.7 Å². The average molecular weight is 605 g/mol. The van der Waals surface area contributed by atoms with Gasteiger partial charge < -0.3 is 9.15 Å². The van der Waals surface area contributed by atoms with Gasteiger partial charge in [-0.2, -0.15) is 5.10 Å². The summed E-state index contributed by atoms with van der Waals surface area (Å²) in [6.45, 7) is 3.35. The molecule has 0 saturated carbocycles. The van der Waals surface area contributed by atoms with Gasteiger partial charge in [-0.3, -0.25) is 0 Å². The van der Waals surface area contributed by atoms with Crippen LogP contribution in [0.1, 0.15) is 11.6 Å². The maximum absolute atomic E-state index is 12.6. The van der Waals surface area contributed by atoms with Crippen LogP contribution in [0.5, 0.6) is 6.01 Å². The Hall–Kier alpha value is -4.27. The number of rotatable bonds is 7. The largest absolute Gasteiger partial charge is 0.575 e. The first-order valence-corrected chi connectivity index (χ1v) is 13.7. The van der Waals surface area contributed by atoms with Crippen LogP contribution in [0, 0.1) is 13.8 Å². The minimum Gasteiger partial charge on any atom is -0.440 e. The molecule has 0 spiro atoms. The third kappa shape index (κ3) is 5.94. The number of nitrogens with zero attached hydrogens (tertiary/aromatic N) is 5. The topological polar surface area (TPSA) is 125 Å². The smallest absolute Gasteiger partial charge is 0.440 e. The summed E-state index contributed by atoms with van der Waals surface area (Å²) in [6.07, 6.45) is -1.05. The molecule has 41 heavy (non-hydrogen) atoms. The molecule has 0 saturated heterocycles. The maximum Gasteiger partial charge on any atom is 0.575 e. The van der Waals surface area contributed by atoms with Crippen LogP contribution in [-0.2, 0) is 10.0 Å². The predicted octanol–water partition coefficient (Wildman–Crippen LogP) is 5.73. The lowest BCUT2D eigenvalue weighted by molar-refractivity contribution is -0.277. The summed E-state index contributed by atoms with van der Waals surface area (Å²) in [6, 6.07) is 10.8. The van der Waals surface area contributed by atoms with Crippen molar-refractivity contribution in [3.8, 4) is 45.4 Å². The molecule has 5 aromatic rings. The lowest BCUT2D eigenvalue weighted by Crippen LogP contribution is -2.18. The molecule has 2 aromatic carbocycles. The van der Waals surface area contributed by atoms with Crippen molar-refractivity contribution in [1.82, 2.24) is 29.5 Å². The van der Waals surface area contributed by atoms with Gasteiger partial charge in [-0.1, -0.05) is 29.8 Å². The van der Waals surface area contributed by atoms with Crippen LogP contribution in [0.15, 0.2) is 70.4 Å². The van der Waals surface area contributed by atoms with Crippen LogP contribution in [0.3, 0.4) is 0 Å². The van der Waals surface area contributed by atoms with E-state index >= 15 is 0 Å². The zero-order chi connectivity index (χ0) is 29.5. The van der Waals surface area contributed by atoms with Crippen molar-refractivity contribution in [2.75, 3.05) is 7.05 Å². The molecule has 3 heterocycles. The first kappa shape index (κ1) is 28.3. The van der Waals surface area contributed by atoms with Gasteiger partial charge in [0.25, 0.3) is 0 Å². The summed E-state index contributed by atoms with van der Waals surface area (Å²) in [7, 11) is -2.38. The van der Waals surface area contributed by atoms with Crippen molar-refractivity contribution in [2.24, 2.45) is 0 Å². The van der Waals surface area contributed by atoms with E-state index in [4.69, 9.17) is 16.0 Å². The summed E-state index contributed by atoms with van der Waals surface area (Å²) in [4.78, 5) is 11.8.